The standard InChI is InChI=1S/C12H19N3O/c1-3-4-9(2)15-12(16)7-11-6-5-10(13)8-14-11/h5-6,8-9H,3-4,7,13H2,1-2H3,(H,15,16). The lowest BCUT2D eigenvalue weighted by molar-refractivity contribution is -0.121. The minimum Gasteiger partial charge on any atom is -0.397 e. The van der Waals surface area contributed by atoms with Crippen LogP contribution in [0.4, 0.5) is 5.69 Å². The number of rotatable bonds is 5. The number of hydrogen-bond donors (Lipinski definition) is 2. The van der Waals surface area contributed by atoms with Crippen LogP contribution in [-0.2, 0) is 11.2 Å². The average molecular weight is 221 g/mol. The summed E-state index contributed by atoms with van der Waals surface area (Å²) in [6, 6.07) is 3.76. The Balaban J connectivity index is 2.42. The molecular formula is C12H19N3O. The average Bonchev–Trinajstić information content (AvgIpc) is 2.21. The van der Waals surface area contributed by atoms with Crippen LogP contribution in [0.25, 0.3) is 0 Å². The van der Waals surface area contributed by atoms with Crippen molar-refractivity contribution in [2.24, 2.45) is 0 Å². The van der Waals surface area contributed by atoms with Crippen molar-refractivity contribution in [3.05, 3.63) is 24.0 Å². The van der Waals surface area contributed by atoms with E-state index in [0.717, 1.165) is 18.5 Å². The second-order valence-electron chi connectivity index (χ2n) is 4.02. The molecule has 3 N–H and O–H groups in total. The zero-order chi connectivity index (χ0) is 12.0. The van der Waals surface area contributed by atoms with E-state index in [1.165, 1.54) is 0 Å². The van der Waals surface area contributed by atoms with Crippen LogP contribution in [0.2, 0.25) is 0 Å². The molecule has 0 aliphatic heterocycles. The molecule has 1 aromatic rings. The van der Waals surface area contributed by atoms with Gasteiger partial charge in [0, 0.05) is 11.7 Å². The van der Waals surface area contributed by atoms with Gasteiger partial charge in [0.25, 0.3) is 0 Å². The predicted octanol–water partition coefficient (Wildman–Crippen LogP) is 1.51. The highest BCUT2D eigenvalue weighted by molar-refractivity contribution is 5.78. The van der Waals surface area contributed by atoms with Crippen LogP contribution in [0.3, 0.4) is 0 Å². The second kappa shape index (κ2) is 6.10. The Labute approximate surface area is 96.3 Å². The van der Waals surface area contributed by atoms with Crippen molar-refractivity contribution in [3.8, 4) is 0 Å². The highest BCUT2D eigenvalue weighted by atomic mass is 16.1. The van der Waals surface area contributed by atoms with Gasteiger partial charge in [-0.25, -0.2) is 0 Å². The van der Waals surface area contributed by atoms with Gasteiger partial charge in [-0.3, -0.25) is 9.78 Å². The normalized spacial score (nSPS) is 12.1. The number of aromatic nitrogens is 1. The summed E-state index contributed by atoms with van der Waals surface area (Å²) in [5, 5.41) is 2.93. The molecular weight excluding hydrogens is 202 g/mol. The van der Waals surface area contributed by atoms with Crippen molar-refractivity contribution in [1.82, 2.24) is 10.3 Å². The van der Waals surface area contributed by atoms with E-state index in [-0.39, 0.29) is 11.9 Å². The van der Waals surface area contributed by atoms with E-state index in [2.05, 4.69) is 17.2 Å². The molecule has 0 radical (unpaired) electrons. The molecule has 4 heteroatoms. The first-order chi connectivity index (χ1) is 7.61. The fraction of sp³-hybridized carbons (Fsp3) is 0.500. The maximum Gasteiger partial charge on any atom is 0.226 e. The Kier molecular flexibility index (Phi) is 4.76. The minimum absolute atomic E-state index is 0.0122. The number of carbonyl (C=O) groups is 1. The van der Waals surface area contributed by atoms with Gasteiger partial charge >= 0.3 is 0 Å². The summed E-state index contributed by atoms with van der Waals surface area (Å²) in [6.45, 7) is 4.11. The molecule has 0 aromatic carbocycles. The van der Waals surface area contributed by atoms with E-state index >= 15 is 0 Å². The molecule has 0 aliphatic carbocycles. The van der Waals surface area contributed by atoms with Crippen molar-refractivity contribution in [2.75, 3.05) is 5.73 Å². The zero-order valence-electron chi connectivity index (χ0n) is 9.86. The SMILES string of the molecule is CCCC(C)NC(=O)Cc1ccc(N)cn1. The van der Waals surface area contributed by atoms with Crippen LogP contribution in [0.1, 0.15) is 32.4 Å². The molecule has 0 saturated heterocycles. The number of nitrogen functional groups attached to an aromatic ring is 1. The van der Waals surface area contributed by atoms with Gasteiger partial charge in [0.1, 0.15) is 0 Å². The number of carbonyl (C=O) groups excluding carboxylic acids is 1. The molecule has 1 atom stereocenters. The third-order valence-electron chi connectivity index (χ3n) is 2.32. The molecule has 1 aromatic heterocycles. The molecule has 0 saturated carbocycles. The van der Waals surface area contributed by atoms with Crippen molar-refractivity contribution in [1.29, 1.82) is 0 Å². The first-order valence-corrected chi connectivity index (χ1v) is 5.61. The summed E-state index contributed by atoms with van der Waals surface area (Å²) in [7, 11) is 0. The summed E-state index contributed by atoms with van der Waals surface area (Å²) in [4.78, 5) is 15.7. The number of nitrogens with two attached hydrogens (primary N) is 1. The molecule has 0 aliphatic rings. The highest BCUT2D eigenvalue weighted by Crippen LogP contribution is 2.02. The Morgan fingerprint density at radius 1 is 1.56 bits per heavy atom. The quantitative estimate of drug-likeness (QED) is 0.792. The Hall–Kier alpha value is -1.58. The van der Waals surface area contributed by atoms with Gasteiger partial charge in [-0.1, -0.05) is 13.3 Å². The maximum absolute atomic E-state index is 11.6. The van der Waals surface area contributed by atoms with Crippen molar-refractivity contribution >= 4 is 11.6 Å². The molecule has 1 amide bonds. The predicted molar refractivity (Wildman–Crippen MR) is 64.9 cm³/mol. The van der Waals surface area contributed by atoms with Gasteiger partial charge in [-0.2, -0.15) is 0 Å². The molecule has 1 rings (SSSR count). The summed E-state index contributed by atoms with van der Waals surface area (Å²) >= 11 is 0. The van der Waals surface area contributed by atoms with Gasteiger partial charge in [0.2, 0.25) is 5.91 Å². The third-order valence-corrected chi connectivity index (χ3v) is 2.32. The smallest absolute Gasteiger partial charge is 0.226 e. The highest BCUT2D eigenvalue weighted by Gasteiger charge is 2.07. The van der Waals surface area contributed by atoms with Gasteiger partial charge in [0.15, 0.2) is 0 Å². The molecule has 0 fully saturated rings. The molecule has 0 bridgehead atoms. The monoisotopic (exact) mass is 221 g/mol. The zero-order valence-corrected chi connectivity index (χ0v) is 9.86. The molecule has 1 heterocycles. The molecule has 1 unspecified atom stereocenters. The Morgan fingerprint density at radius 2 is 2.31 bits per heavy atom. The van der Waals surface area contributed by atoms with E-state index in [1.54, 1.807) is 18.3 Å². The Bertz CT molecular complexity index is 335. The number of pyridine rings is 1. The van der Waals surface area contributed by atoms with Crippen molar-refractivity contribution < 1.29 is 4.79 Å². The fourth-order valence-corrected chi connectivity index (χ4v) is 1.54. The fourth-order valence-electron chi connectivity index (χ4n) is 1.54. The molecule has 16 heavy (non-hydrogen) atoms. The van der Waals surface area contributed by atoms with E-state index in [0.29, 0.717) is 12.1 Å². The summed E-state index contributed by atoms with van der Waals surface area (Å²) in [6.07, 6.45) is 3.95. The second-order valence-corrected chi connectivity index (χ2v) is 4.02. The number of amides is 1. The van der Waals surface area contributed by atoms with Crippen molar-refractivity contribution in [2.45, 2.75) is 39.2 Å². The maximum atomic E-state index is 11.6. The molecule has 0 spiro atoms. The van der Waals surface area contributed by atoms with Crippen LogP contribution < -0.4 is 11.1 Å². The Morgan fingerprint density at radius 3 is 2.88 bits per heavy atom. The van der Waals surface area contributed by atoms with Crippen LogP contribution in [0.15, 0.2) is 18.3 Å². The van der Waals surface area contributed by atoms with Gasteiger partial charge in [-0.05, 0) is 25.5 Å². The van der Waals surface area contributed by atoms with E-state index in [9.17, 15) is 4.79 Å². The van der Waals surface area contributed by atoms with E-state index < -0.39 is 0 Å². The van der Waals surface area contributed by atoms with Gasteiger partial charge < -0.3 is 11.1 Å². The number of nitrogens with zero attached hydrogens (tertiary/aromatic N) is 1. The topological polar surface area (TPSA) is 68.0 Å². The van der Waals surface area contributed by atoms with E-state index in [1.807, 2.05) is 6.92 Å². The van der Waals surface area contributed by atoms with Crippen molar-refractivity contribution in [3.63, 3.8) is 0 Å². The lowest BCUT2D eigenvalue weighted by Gasteiger charge is -2.12. The molecule has 4 nitrogen and oxygen atoms in total. The lowest BCUT2D eigenvalue weighted by Crippen LogP contribution is -2.33. The van der Waals surface area contributed by atoms with Crippen LogP contribution in [0.5, 0.6) is 0 Å². The van der Waals surface area contributed by atoms with Crippen LogP contribution in [0, 0.1) is 0 Å². The lowest BCUT2D eigenvalue weighted by atomic mass is 10.2. The number of anilines is 1. The van der Waals surface area contributed by atoms with Crippen LogP contribution in [-0.4, -0.2) is 16.9 Å². The minimum atomic E-state index is 0.0122. The third kappa shape index (κ3) is 4.29. The van der Waals surface area contributed by atoms with Gasteiger partial charge in [-0.15, -0.1) is 0 Å². The first kappa shape index (κ1) is 12.5. The van der Waals surface area contributed by atoms with Crippen LogP contribution >= 0.6 is 0 Å². The van der Waals surface area contributed by atoms with Gasteiger partial charge in [0.05, 0.1) is 18.3 Å². The number of nitrogens with one attached hydrogen (secondary N) is 1. The van der Waals surface area contributed by atoms with E-state index in [4.69, 9.17) is 5.73 Å². The molecule has 88 valence electrons. The summed E-state index contributed by atoms with van der Waals surface area (Å²) in [5.41, 5.74) is 6.87. The largest absolute Gasteiger partial charge is 0.397 e. The number of hydrogen-bond acceptors (Lipinski definition) is 3. The summed E-state index contributed by atoms with van der Waals surface area (Å²) < 4.78 is 0. The summed E-state index contributed by atoms with van der Waals surface area (Å²) in [5.74, 6) is 0.0122. The first-order valence-electron chi connectivity index (χ1n) is 5.61.